The van der Waals surface area contributed by atoms with E-state index in [1.165, 1.54) is 30.3 Å². The summed E-state index contributed by atoms with van der Waals surface area (Å²) in [5.41, 5.74) is 1.40. The molecule has 0 saturated carbocycles. The number of nitrogens with one attached hydrogen (secondary N) is 1. The van der Waals surface area contributed by atoms with Gasteiger partial charge in [-0.25, -0.2) is 0 Å². The molecule has 0 bridgehead atoms. The lowest BCUT2D eigenvalue weighted by Crippen LogP contribution is -2.22. The van der Waals surface area contributed by atoms with E-state index in [1.54, 1.807) is 25.1 Å². The summed E-state index contributed by atoms with van der Waals surface area (Å²) in [6.07, 6.45) is 0. The highest BCUT2D eigenvalue weighted by atomic mass is 32.2. The number of aryl methyl sites for hydroxylation is 1. The average molecular weight is 384 g/mol. The van der Waals surface area contributed by atoms with Crippen molar-refractivity contribution < 1.29 is 13.3 Å². The van der Waals surface area contributed by atoms with Gasteiger partial charge in [0, 0.05) is 12.1 Å². The highest BCUT2D eigenvalue weighted by Crippen LogP contribution is 2.40. The smallest absolute Gasteiger partial charge is 0.287 e. The number of aromatic nitrogens is 2. The van der Waals surface area contributed by atoms with Crippen LogP contribution in [0.3, 0.4) is 0 Å². The van der Waals surface area contributed by atoms with Gasteiger partial charge in [-0.15, -0.1) is 9.20 Å². The zero-order valence-corrected chi connectivity index (χ0v) is 14.7. The third kappa shape index (κ3) is 2.73. The van der Waals surface area contributed by atoms with E-state index in [0.29, 0.717) is 17.1 Å². The fourth-order valence-electron chi connectivity index (χ4n) is 2.66. The van der Waals surface area contributed by atoms with Crippen molar-refractivity contribution in [3.8, 4) is 0 Å². The standard InChI is InChI=1S/C16H12N6O4S/c1-10-15(19-18-11-6-8-12(9-7-11)22(23)24)16-17-13-4-2-3-5-14(13)27(25,26)21(16)20-10/h2-9,17H,1H3/b19-18+. The molecule has 0 fully saturated rings. The molecule has 1 aliphatic rings. The van der Waals surface area contributed by atoms with Crippen LogP contribution in [0.15, 0.2) is 63.7 Å². The molecule has 2 aromatic carbocycles. The van der Waals surface area contributed by atoms with Crippen molar-refractivity contribution in [3.05, 3.63) is 64.3 Å². The number of non-ortho nitro benzene ring substituents is 1. The van der Waals surface area contributed by atoms with E-state index in [1.807, 2.05) is 0 Å². The van der Waals surface area contributed by atoms with Crippen LogP contribution < -0.4 is 5.32 Å². The zero-order valence-electron chi connectivity index (χ0n) is 13.9. The minimum absolute atomic E-state index is 0.0580. The van der Waals surface area contributed by atoms with E-state index in [9.17, 15) is 18.5 Å². The van der Waals surface area contributed by atoms with Gasteiger partial charge < -0.3 is 5.32 Å². The summed E-state index contributed by atoms with van der Waals surface area (Å²) in [7, 11) is -3.83. The van der Waals surface area contributed by atoms with Crippen LogP contribution in [0.25, 0.3) is 0 Å². The van der Waals surface area contributed by atoms with E-state index in [4.69, 9.17) is 0 Å². The predicted octanol–water partition coefficient (Wildman–Crippen LogP) is 3.81. The normalized spacial score (nSPS) is 14.4. The van der Waals surface area contributed by atoms with E-state index in [0.717, 1.165) is 4.09 Å². The molecular weight excluding hydrogens is 372 g/mol. The summed E-state index contributed by atoms with van der Waals surface area (Å²) < 4.78 is 26.4. The van der Waals surface area contributed by atoms with Gasteiger partial charge in [0.05, 0.1) is 22.0 Å². The maximum atomic E-state index is 12.8. The van der Waals surface area contributed by atoms with Crippen LogP contribution in [0.4, 0.5) is 28.6 Å². The fourth-order valence-corrected chi connectivity index (χ4v) is 4.10. The van der Waals surface area contributed by atoms with Gasteiger partial charge in [0.15, 0.2) is 11.5 Å². The van der Waals surface area contributed by atoms with Gasteiger partial charge in [0.2, 0.25) is 0 Å². The van der Waals surface area contributed by atoms with E-state index in [-0.39, 0.29) is 22.1 Å². The molecule has 10 nitrogen and oxygen atoms in total. The quantitative estimate of drug-likeness (QED) is 0.324. The number of benzene rings is 2. The van der Waals surface area contributed by atoms with Gasteiger partial charge in [-0.05, 0) is 31.2 Å². The first-order valence-electron chi connectivity index (χ1n) is 7.75. The zero-order chi connectivity index (χ0) is 19.2. The summed E-state index contributed by atoms with van der Waals surface area (Å²) in [6.45, 7) is 1.62. The van der Waals surface area contributed by atoms with Crippen LogP contribution in [-0.4, -0.2) is 22.5 Å². The van der Waals surface area contributed by atoms with Crippen molar-refractivity contribution in [1.82, 2.24) is 9.19 Å². The molecule has 1 aliphatic heterocycles. The summed E-state index contributed by atoms with van der Waals surface area (Å²) in [5, 5.41) is 25.9. The molecule has 0 radical (unpaired) electrons. The lowest BCUT2D eigenvalue weighted by molar-refractivity contribution is -0.384. The van der Waals surface area contributed by atoms with Gasteiger partial charge in [0.25, 0.3) is 15.7 Å². The molecule has 3 aromatic rings. The molecule has 2 heterocycles. The number of nitro benzene ring substituents is 1. The molecule has 0 atom stereocenters. The SMILES string of the molecule is Cc1nn2c(c1/N=N/c1ccc([N+](=O)[O-])cc1)Nc1ccccc1S2(=O)=O. The van der Waals surface area contributed by atoms with Crippen molar-refractivity contribution in [2.45, 2.75) is 11.8 Å². The molecule has 1 N–H and O–H groups in total. The van der Waals surface area contributed by atoms with Crippen LogP contribution in [0.5, 0.6) is 0 Å². The average Bonchev–Trinajstić information content (AvgIpc) is 2.97. The Labute approximate surface area is 153 Å². The monoisotopic (exact) mass is 384 g/mol. The Morgan fingerprint density at radius 3 is 2.52 bits per heavy atom. The minimum atomic E-state index is -3.83. The number of rotatable bonds is 3. The lowest BCUT2D eigenvalue weighted by Gasteiger charge is -2.19. The third-order valence-corrected chi connectivity index (χ3v) is 5.60. The molecule has 0 amide bonds. The number of nitro groups is 1. The molecule has 0 unspecified atom stereocenters. The van der Waals surface area contributed by atoms with Crippen LogP contribution in [0.1, 0.15) is 5.69 Å². The van der Waals surface area contributed by atoms with Gasteiger partial charge in [-0.3, -0.25) is 10.1 Å². The topological polar surface area (TPSA) is 132 Å². The highest BCUT2D eigenvalue weighted by Gasteiger charge is 2.33. The number of nitrogens with zero attached hydrogens (tertiary/aromatic N) is 5. The summed E-state index contributed by atoms with van der Waals surface area (Å²) in [5.74, 6) is 0.192. The van der Waals surface area contributed by atoms with Crippen molar-refractivity contribution in [2.75, 3.05) is 5.32 Å². The summed E-state index contributed by atoms with van der Waals surface area (Å²) in [6, 6.07) is 12.0. The number of anilines is 2. The molecule has 0 saturated heterocycles. The Hall–Kier alpha value is -3.60. The third-order valence-electron chi connectivity index (χ3n) is 3.97. The second-order valence-electron chi connectivity index (χ2n) is 5.73. The van der Waals surface area contributed by atoms with Crippen molar-refractivity contribution in [1.29, 1.82) is 0 Å². The minimum Gasteiger partial charge on any atom is -0.336 e. The number of para-hydroxylation sites is 1. The Morgan fingerprint density at radius 1 is 1.11 bits per heavy atom. The Morgan fingerprint density at radius 2 is 1.81 bits per heavy atom. The van der Waals surface area contributed by atoms with Crippen molar-refractivity contribution in [3.63, 3.8) is 0 Å². The number of fused-ring (bicyclic) bond motifs is 2. The van der Waals surface area contributed by atoms with Gasteiger partial charge >= 0.3 is 0 Å². The predicted molar refractivity (Wildman–Crippen MR) is 96.5 cm³/mol. The molecule has 11 heteroatoms. The fraction of sp³-hybridized carbons (Fsp3) is 0.0625. The summed E-state index contributed by atoms with van der Waals surface area (Å²) in [4.78, 5) is 10.3. The van der Waals surface area contributed by atoms with Crippen LogP contribution in [-0.2, 0) is 10.0 Å². The van der Waals surface area contributed by atoms with Crippen LogP contribution in [0.2, 0.25) is 0 Å². The first-order chi connectivity index (χ1) is 12.9. The van der Waals surface area contributed by atoms with Gasteiger partial charge in [-0.1, -0.05) is 12.1 Å². The van der Waals surface area contributed by atoms with E-state index in [2.05, 4.69) is 20.6 Å². The van der Waals surface area contributed by atoms with Gasteiger partial charge in [0.1, 0.15) is 4.90 Å². The number of azo groups is 1. The van der Waals surface area contributed by atoms with Crippen molar-refractivity contribution >= 4 is 38.6 Å². The highest BCUT2D eigenvalue weighted by molar-refractivity contribution is 7.90. The first-order valence-corrected chi connectivity index (χ1v) is 9.19. The van der Waals surface area contributed by atoms with E-state index < -0.39 is 14.9 Å². The number of hydrogen-bond acceptors (Lipinski definition) is 8. The first kappa shape index (κ1) is 16.8. The largest absolute Gasteiger partial charge is 0.336 e. The maximum Gasteiger partial charge on any atom is 0.287 e. The second-order valence-corrected chi connectivity index (χ2v) is 7.46. The van der Waals surface area contributed by atoms with Crippen molar-refractivity contribution in [2.24, 2.45) is 10.2 Å². The van der Waals surface area contributed by atoms with Gasteiger partial charge in [-0.2, -0.15) is 18.6 Å². The maximum absolute atomic E-state index is 12.8. The van der Waals surface area contributed by atoms with E-state index >= 15 is 0 Å². The summed E-state index contributed by atoms with van der Waals surface area (Å²) >= 11 is 0. The molecule has 0 aliphatic carbocycles. The Bertz CT molecular complexity index is 1200. The lowest BCUT2D eigenvalue weighted by atomic mass is 10.3. The molecule has 1 aromatic heterocycles. The number of hydrogen-bond donors (Lipinski definition) is 1. The van der Waals surface area contributed by atoms with Crippen LogP contribution >= 0.6 is 0 Å². The molecule has 136 valence electrons. The molecular formula is C16H12N6O4S. The Balaban J connectivity index is 1.75. The Kier molecular flexibility index (Phi) is 3.73. The molecule has 0 spiro atoms. The molecule has 27 heavy (non-hydrogen) atoms. The second kappa shape index (κ2) is 5.99. The van der Waals surface area contributed by atoms with Crippen LogP contribution in [0, 0.1) is 17.0 Å². The molecule has 4 rings (SSSR count).